The lowest BCUT2D eigenvalue weighted by molar-refractivity contribution is -0.0924. The van der Waals surface area contributed by atoms with Gasteiger partial charge in [0, 0.05) is 40.0 Å². The summed E-state index contributed by atoms with van der Waals surface area (Å²) in [6.07, 6.45) is 2.94. The maximum Gasteiger partial charge on any atom is 0.257 e. The van der Waals surface area contributed by atoms with Gasteiger partial charge in [0.15, 0.2) is 5.82 Å². The van der Waals surface area contributed by atoms with Crippen molar-refractivity contribution in [3.8, 4) is 0 Å². The number of nitrogens with zero attached hydrogens (tertiary/aromatic N) is 3. The Balaban J connectivity index is 1.37. The highest BCUT2D eigenvalue weighted by atomic mass is 35.5. The van der Waals surface area contributed by atoms with Gasteiger partial charge in [0.2, 0.25) is 0 Å². The molecule has 41 heavy (non-hydrogen) atoms. The van der Waals surface area contributed by atoms with Gasteiger partial charge in [-0.05, 0) is 42.8 Å². The lowest BCUT2D eigenvalue weighted by Crippen LogP contribution is -2.45. The summed E-state index contributed by atoms with van der Waals surface area (Å²) < 4.78 is 20.0. The van der Waals surface area contributed by atoms with E-state index in [1.165, 1.54) is 12.4 Å². The van der Waals surface area contributed by atoms with Crippen LogP contribution in [0.15, 0.2) is 61.1 Å². The number of hydrogen-bond donors (Lipinski definition) is 4. The molecule has 11 heteroatoms. The van der Waals surface area contributed by atoms with E-state index in [1.807, 2.05) is 25.1 Å². The molecular weight excluding hydrogens is 545 g/mol. The number of ether oxygens (including phenoxy) is 1. The van der Waals surface area contributed by atoms with E-state index in [9.17, 15) is 9.18 Å². The van der Waals surface area contributed by atoms with Crippen LogP contribution in [0.5, 0.6) is 0 Å². The number of halogens is 2. The fourth-order valence-corrected chi connectivity index (χ4v) is 5.04. The van der Waals surface area contributed by atoms with E-state index in [4.69, 9.17) is 22.1 Å². The standard InChI is InChI=1S/C30H27ClFN7O2/c1-16-6-7-19-18(8-9-34-28(19)38-23-5-3-4-22(31)24(23)32)25(16)39-29(40)21-11-17(35-12-30(2)13-41-14-30)10-20-26(21)36-15-37-27(20)33/h3-11,15,35H,12-14H2,1-2H3,(H,34,38)(H,39,40)(H2,33,36,37). The molecular formula is C30H27ClFN7O2. The summed E-state index contributed by atoms with van der Waals surface area (Å²) in [6, 6.07) is 13.9. The first kappa shape index (κ1) is 26.7. The van der Waals surface area contributed by atoms with Crippen LogP contribution in [0.1, 0.15) is 22.8 Å². The Hall–Kier alpha value is -4.54. The Labute approximate surface area is 240 Å². The summed E-state index contributed by atoms with van der Waals surface area (Å²) >= 11 is 5.96. The monoisotopic (exact) mass is 571 g/mol. The van der Waals surface area contributed by atoms with E-state index in [1.54, 1.807) is 30.5 Å². The predicted octanol–water partition coefficient (Wildman–Crippen LogP) is 6.31. The molecule has 0 saturated carbocycles. The van der Waals surface area contributed by atoms with E-state index < -0.39 is 5.82 Å². The second-order valence-electron chi connectivity index (χ2n) is 10.5. The summed E-state index contributed by atoms with van der Waals surface area (Å²) in [5.74, 6) is -0.237. The minimum absolute atomic E-state index is 0.00236. The molecule has 0 bridgehead atoms. The van der Waals surface area contributed by atoms with E-state index in [-0.39, 0.29) is 27.9 Å². The number of pyridine rings is 1. The van der Waals surface area contributed by atoms with Crippen molar-refractivity contribution in [3.63, 3.8) is 0 Å². The molecule has 1 aliphatic rings. The van der Waals surface area contributed by atoms with Crippen molar-refractivity contribution in [3.05, 3.63) is 83.0 Å². The van der Waals surface area contributed by atoms with Crippen molar-refractivity contribution in [2.45, 2.75) is 13.8 Å². The maximum atomic E-state index is 14.6. The summed E-state index contributed by atoms with van der Waals surface area (Å²) in [6.45, 7) is 6.05. The Morgan fingerprint density at radius 1 is 1.10 bits per heavy atom. The predicted molar refractivity (Wildman–Crippen MR) is 160 cm³/mol. The number of amides is 1. The highest BCUT2D eigenvalue weighted by Gasteiger charge is 2.33. The molecule has 3 aromatic carbocycles. The summed E-state index contributed by atoms with van der Waals surface area (Å²) in [7, 11) is 0. The quantitative estimate of drug-likeness (QED) is 0.179. The number of hydrogen-bond acceptors (Lipinski definition) is 8. The van der Waals surface area contributed by atoms with Gasteiger partial charge in [-0.3, -0.25) is 4.79 Å². The first-order valence-corrected chi connectivity index (χ1v) is 13.4. The first-order chi connectivity index (χ1) is 19.7. The van der Waals surface area contributed by atoms with Crippen LogP contribution in [0, 0.1) is 18.2 Å². The number of anilines is 5. The molecule has 0 radical (unpaired) electrons. The average molecular weight is 572 g/mol. The number of rotatable bonds is 7. The molecule has 9 nitrogen and oxygen atoms in total. The molecule has 0 aliphatic carbocycles. The third-order valence-corrected chi connectivity index (χ3v) is 7.52. The van der Waals surface area contributed by atoms with Crippen LogP contribution in [0.25, 0.3) is 21.7 Å². The second kappa shape index (κ2) is 10.5. The SMILES string of the molecule is Cc1ccc2c(Nc3cccc(Cl)c3F)nccc2c1NC(=O)c1cc(NCC2(C)COC2)cc2c(N)ncnc12. The van der Waals surface area contributed by atoms with Gasteiger partial charge in [0.05, 0.1) is 40.7 Å². The largest absolute Gasteiger partial charge is 0.384 e. The highest BCUT2D eigenvalue weighted by molar-refractivity contribution is 6.31. The maximum absolute atomic E-state index is 14.6. The third-order valence-electron chi connectivity index (χ3n) is 7.23. The van der Waals surface area contributed by atoms with Gasteiger partial charge in [-0.15, -0.1) is 0 Å². The van der Waals surface area contributed by atoms with Gasteiger partial charge in [0.25, 0.3) is 5.91 Å². The van der Waals surface area contributed by atoms with Gasteiger partial charge < -0.3 is 26.4 Å². The fourth-order valence-electron chi connectivity index (χ4n) is 4.87. The molecule has 0 spiro atoms. The minimum atomic E-state index is -0.575. The van der Waals surface area contributed by atoms with Crippen molar-refractivity contribution < 1.29 is 13.9 Å². The minimum Gasteiger partial charge on any atom is -0.384 e. The Morgan fingerprint density at radius 3 is 2.71 bits per heavy atom. The summed E-state index contributed by atoms with van der Waals surface area (Å²) in [4.78, 5) is 26.8. The molecule has 0 atom stereocenters. The zero-order valence-corrected chi connectivity index (χ0v) is 23.1. The number of benzene rings is 3. The normalized spacial score (nSPS) is 14.0. The van der Waals surface area contributed by atoms with Crippen LogP contribution >= 0.6 is 11.6 Å². The summed E-state index contributed by atoms with van der Waals surface area (Å²) in [5, 5.41) is 11.5. The van der Waals surface area contributed by atoms with Gasteiger partial charge in [0.1, 0.15) is 18.0 Å². The number of carbonyl (C=O) groups is 1. The van der Waals surface area contributed by atoms with Crippen molar-refractivity contribution in [2.75, 3.05) is 41.4 Å². The van der Waals surface area contributed by atoms with E-state index in [0.717, 1.165) is 16.6 Å². The number of carbonyl (C=O) groups excluding carboxylic acids is 1. The smallest absolute Gasteiger partial charge is 0.257 e. The number of nitrogens with two attached hydrogens (primary N) is 1. The number of nitrogen functional groups attached to an aromatic ring is 1. The molecule has 1 saturated heterocycles. The van der Waals surface area contributed by atoms with Crippen LogP contribution < -0.4 is 21.7 Å². The number of aromatic nitrogens is 3. The van der Waals surface area contributed by atoms with Crippen molar-refractivity contribution in [2.24, 2.45) is 5.41 Å². The van der Waals surface area contributed by atoms with Crippen LogP contribution in [0.2, 0.25) is 5.02 Å². The Kier molecular flexibility index (Phi) is 6.80. The molecule has 5 N–H and O–H groups in total. The Bertz CT molecular complexity index is 1830. The highest BCUT2D eigenvalue weighted by Crippen LogP contribution is 2.35. The van der Waals surface area contributed by atoms with Crippen LogP contribution in [-0.4, -0.2) is 40.6 Å². The molecule has 3 heterocycles. The van der Waals surface area contributed by atoms with Gasteiger partial charge in [-0.2, -0.15) is 0 Å². The van der Waals surface area contributed by atoms with Crippen LogP contribution in [0.4, 0.5) is 33.1 Å². The molecule has 0 unspecified atom stereocenters. The average Bonchev–Trinajstić information content (AvgIpc) is 2.95. The number of aryl methyl sites for hydroxylation is 1. The molecule has 208 valence electrons. The first-order valence-electron chi connectivity index (χ1n) is 13.0. The van der Waals surface area contributed by atoms with E-state index in [0.29, 0.717) is 53.1 Å². The molecule has 1 amide bonds. The lowest BCUT2D eigenvalue weighted by Gasteiger charge is -2.38. The molecule has 2 aromatic heterocycles. The molecule has 1 aliphatic heterocycles. The molecule has 6 rings (SSSR count). The van der Waals surface area contributed by atoms with Crippen molar-refractivity contribution >= 4 is 67.9 Å². The van der Waals surface area contributed by atoms with Crippen LogP contribution in [-0.2, 0) is 4.74 Å². The van der Waals surface area contributed by atoms with Crippen molar-refractivity contribution in [1.29, 1.82) is 0 Å². The fraction of sp³-hybridized carbons (Fsp3) is 0.200. The Morgan fingerprint density at radius 2 is 1.93 bits per heavy atom. The van der Waals surface area contributed by atoms with Gasteiger partial charge in [-0.1, -0.05) is 36.7 Å². The zero-order valence-electron chi connectivity index (χ0n) is 22.4. The van der Waals surface area contributed by atoms with Gasteiger partial charge in [-0.25, -0.2) is 19.3 Å². The zero-order chi connectivity index (χ0) is 28.7. The molecule has 5 aromatic rings. The van der Waals surface area contributed by atoms with E-state index in [2.05, 4.69) is 37.8 Å². The number of fused-ring (bicyclic) bond motifs is 2. The van der Waals surface area contributed by atoms with Crippen LogP contribution in [0.3, 0.4) is 0 Å². The number of nitrogens with one attached hydrogen (secondary N) is 3. The van der Waals surface area contributed by atoms with E-state index >= 15 is 0 Å². The second-order valence-corrected chi connectivity index (χ2v) is 10.9. The lowest BCUT2D eigenvalue weighted by atomic mass is 9.88. The third kappa shape index (κ3) is 5.07. The van der Waals surface area contributed by atoms with Crippen molar-refractivity contribution in [1.82, 2.24) is 15.0 Å². The molecule has 1 fully saturated rings. The topological polar surface area (TPSA) is 127 Å². The van der Waals surface area contributed by atoms with Gasteiger partial charge >= 0.3 is 0 Å². The summed E-state index contributed by atoms with van der Waals surface area (Å²) in [5.41, 5.74) is 9.34.